The van der Waals surface area contributed by atoms with Crippen molar-refractivity contribution in [1.82, 2.24) is 19.9 Å². The molecule has 0 spiro atoms. The van der Waals surface area contributed by atoms with Gasteiger partial charge in [0.1, 0.15) is 16.9 Å². The third kappa shape index (κ3) is 5.37. The van der Waals surface area contributed by atoms with Crippen molar-refractivity contribution in [2.45, 2.75) is 52.0 Å². The molecule has 1 amide bonds. The van der Waals surface area contributed by atoms with Crippen LogP contribution in [0, 0.1) is 0 Å². The average molecular weight is 490 g/mol. The van der Waals surface area contributed by atoms with Gasteiger partial charge >= 0.3 is 0 Å². The number of nitrogen functional groups attached to an aromatic ring is 1. The molecular weight excluding hydrogens is 454 g/mol. The average Bonchev–Trinajstić information content (AvgIpc) is 3.17. The fraction of sp³-hybridized carbons (Fsp3) is 0.393. The molecule has 8 heteroatoms. The Morgan fingerprint density at radius 2 is 1.69 bits per heavy atom. The first kappa shape index (κ1) is 25.3. The second-order valence-corrected chi connectivity index (χ2v) is 8.91. The van der Waals surface area contributed by atoms with Crippen molar-refractivity contribution < 1.29 is 14.3 Å². The predicted octanol–water partition coefficient (Wildman–Crippen LogP) is 5.13. The molecule has 0 unspecified atom stereocenters. The maximum atomic E-state index is 13.2. The van der Waals surface area contributed by atoms with Gasteiger partial charge in [0, 0.05) is 13.1 Å². The van der Waals surface area contributed by atoms with Crippen LogP contribution in [0.1, 0.15) is 54.9 Å². The molecule has 0 aliphatic heterocycles. The molecular formula is C28H35N5O3. The Morgan fingerprint density at radius 3 is 2.42 bits per heavy atom. The van der Waals surface area contributed by atoms with E-state index in [1.165, 1.54) is 19.3 Å². The van der Waals surface area contributed by atoms with Crippen molar-refractivity contribution in [3.8, 4) is 11.5 Å². The van der Waals surface area contributed by atoms with Gasteiger partial charge in [0.2, 0.25) is 0 Å². The van der Waals surface area contributed by atoms with E-state index < -0.39 is 0 Å². The number of nitrogens with zero attached hydrogens (tertiary/aromatic N) is 3. The number of aromatic nitrogens is 3. The Hall–Kier alpha value is -3.81. The monoisotopic (exact) mass is 489 g/mol. The number of para-hydroxylation sites is 2. The minimum atomic E-state index is -0.206. The normalized spacial score (nSPS) is 11.2. The van der Waals surface area contributed by atoms with Gasteiger partial charge in [0.25, 0.3) is 5.91 Å². The molecule has 0 bridgehead atoms. The number of benzene rings is 2. The summed E-state index contributed by atoms with van der Waals surface area (Å²) in [5.41, 5.74) is 10.7. The quantitative estimate of drug-likeness (QED) is 0.268. The fourth-order valence-electron chi connectivity index (χ4n) is 4.46. The topological polar surface area (TPSA) is 104 Å². The lowest BCUT2D eigenvalue weighted by Crippen LogP contribution is -2.25. The van der Waals surface area contributed by atoms with E-state index in [4.69, 9.17) is 25.2 Å². The van der Waals surface area contributed by atoms with Gasteiger partial charge in [-0.25, -0.2) is 9.97 Å². The van der Waals surface area contributed by atoms with Crippen molar-refractivity contribution in [3.05, 3.63) is 53.6 Å². The number of unbranched alkanes of at least 4 members (excludes halogenated alkanes) is 4. The minimum absolute atomic E-state index is 0.206. The molecule has 190 valence electrons. The molecule has 0 fully saturated rings. The van der Waals surface area contributed by atoms with E-state index in [9.17, 15) is 4.79 Å². The van der Waals surface area contributed by atoms with Gasteiger partial charge in [0.15, 0.2) is 17.1 Å². The molecule has 0 saturated heterocycles. The van der Waals surface area contributed by atoms with Crippen LogP contribution in [0.15, 0.2) is 42.5 Å². The molecule has 2 aromatic carbocycles. The lowest BCUT2D eigenvalue weighted by Gasteiger charge is -2.11. The summed E-state index contributed by atoms with van der Waals surface area (Å²) < 4.78 is 12.7. The van der Waals surface area contributed by atoms with Gasteiger partial charge in [-0.1, -0.05) is 50.8 Å². The molecule has 8 nitrogen and oxygen atoms in total. The van der Waals surface area contributed by atoms with Crippen LogP contribution < -0.4 is 20.5 Å². The van der Waals surface area contributed by atoms with Gasteiger partial charge in [-0.2, -0.15) is 0 Å². The smallest absolute Gasteiger partial charge is 0.257 e. The number of nitrogens with two attached hydrogens (primary N) is 1. The standard InChI is InChI=1S/C28H35N5O3/c1-4-5-6-7-10-16-30-28(34)24-25-27(32-21-12-9-8-11-20(21)31-25)33(26(24)29)17-15-19-13-14-22(35-2)23(18-19)36-3/h8-9,11-14,18H,4-7,10,15-17,29H2,1-3H3,(H,30,34). The molecule has 2 aromatic heterocycles. The third-order valence-corrected chi connectivity index (χ3v) is 6.46. The highest BCUT2D eigenvalue weighted by Gasteiger charge is 2.23. The second kappa shape index (κ2) is 11.7. The SMILES string of the molecule is CCCCCCCNC(=O)c1c(N)n(CCc2ccc(OC)c(OC)c2)c2nc3ccccc3nc12. The number of hydrogen-bond donors (Lipinski definition) is 2. The Balaban J connectivity index is 1.64. The number of rotatable bonds is 12. The first-order chi connectivity index (χ1) is 17.6. The Kier molecular flexibility index (Phi) is 8.25. The largest absolute Gasteiger partial charge is 0.493 e. The van der Waals surface area contributed by atoms with E-state index in [1.807, 2.05) is 47.0 Å². The van der Waals surface area contributed by atoms with Gasteiger partial charge in [-0.3, -0.25) is 4.79 Å². The zero-order chi connectivity index (χ0) is 25.5. The van der Waals surface area contributed by atoms with Crippen LogP contribution in [0.4, 0.5) is 5.82 Å². The van der Waals surface area contributed by atoms with E-state index >= 15 is 0 Å². The number of fused-ring (bicyclic) bond motifs is 2. The van der Waals surface area contributed by atoms with Crippen LogP contribution >= 0.6 is 0 Å². The van der Waals surface area contributed by atoms with E-state index in [-0.39, 0.29) is 5.91 Å². The molecule has 0 atom stereocenters. The maximum absolute atomic E-state index is 13.2. The van der Waals surface area contributed by atoms with Crippen LogP contribution in [0.5, 0.6) is 11.5 Å². The number of methoxy groups -OCH3 is 2. The summed E-state index contributed by atoms with van der Waals surface area (Å²) in [5.74, 6) is 1.52. The summed E-state index contributed by atoms with van der Waals surface area (Å²) in [6.45, 7) is 3.34. The van der Waals surface area contributed by atoms with E-state index in [2.05, 4.69) is 12.2 Å². The summed E-state index contributed by atoms with van der Waals surface area (Å²) >= 11 is 0. The Morgan fingerprint density at radius 1 is 0.972 bits per heavy atom. The van der Waals surface area contributed by atoms with Crippen LogP contribution in [0.25, 0.3) is 22.2 Å². The lowest BCUT2D eigenvalue weighted by molar-refractivity contribution is 0.0955. The van der Waals surface area contributed by atoms with Crippen LogP contribution in [0.3, 0.4) is 0 Å². The number of carbonyl (C=O) groups is 1. The Bertz CT molecular complexity index is 1350. The zero-order valence-corrected chi connectivity index (χ0v) is 21.3. The summed E-state index contributed by atoms with van der Waals surface area (Å²) in [4.78, 5) is 22.9. The highest BCUT2D eigenvalue weighted by molar-refractivity contribution is 6.10. The fourth-order valence-corrected chi connectivity index (χ4v) is 4.46. The molecule has 3 N–H and O–H groups in total. The van der Waals surface area contributed by atoms with Crippen LogP contribution in [-0.2, 0) is 13.0 Å². The van der Waals surface area contributed by atoms with Crippen molar-refractivity contribution >= 4 is 33.9 Å². The molecule has 36 heavy (non-hydrogen) atoms. The first-order valence-corrected chi connectivity index (χ1v) is 12.6. The number of carbonyl (C=O) groups excluding carboxylic acids is 1. The molecule has 0 aliphatic rings. The van der Waals surface area contributed by atoms with Crippen molar-refractivity contribution in [2.24, 2.45) is 0 Å². The number of anilines is 1. The summed E-state index contributed by atoms with van der Waals surface area (Å²) in [6, 6.07) is 13.5. The molecule has 2 heterocycles. The molecule has 0 saturated carbocycles. The van der Waals surface area contributed by atoms with E-state index in [0.717, 1.165) is 29.4 Å². The predicted molar refractivity (Wildman–Crippen MR) is 144 cm³/mol. The van der Waals surface area contributed by atoms with Gasteiger partial charge < -0.3 is 25.1 Å². The number of ether oxygens (including phenoxy) is 2. The summed E-state index contributed by atoms with van der Waals surface area (Å²) in [7, 11) is 3.24. The van der Waals surface area contributed by atoms with Crippen LogP contribution in [0.2, 0.25) is 0 Å². The van der Waals surface area contributed by atoms with E-state index in [0.29, 0.717) is 53.6 Å². The zero-order valence-electron chi connectivity index (χ0n) is 21.3. The van der Waals surface area contributed by atoms with E-state index in [1.54, 1.807) is 14.2 Å². The van der Waals surface area contributed by atoms with Gasteiger partial charge in [0.05, 0.1) is 25.3 Å². The first-order valence-electron chi connectivity index (χ1n) is 12.6. The minimum Gasteiger partial charge on any atom is -0.493 e. The molecule has 0 radical (unpaired) electrons. The molecule has 4 aromatic rings. The van der Waals surface area contributed by atoms with Crippen molar-refractivity contribution in [2.75, 3.05) is 26.5 Å². The maximum Gasteiger partial charge on any atom is 0.257 e. The highest BCUT2D eigenvalue weighted by Crippen LogP contribution is 2.30. The molecule has 0 aliphatic carbocycles. The van der Waals surface area contributed by atoms with Crippen molar-refractivity contribution in [1.29, 1.82) is 0 Å². The number of aryl methyl sites for hydroxylation is 2. The highest BCUT2D eigenvalue weighted by atomic mass is 16.5. The van der Waals surface area contributed by atoms with Crippen molar-refractivity contribution in [3.63, 3.8) is 0 Å². The number of hydrogen-bond acceptors (Lipinski definition) is 6. The summed E-state index contributed by atoms with van der Waals surface area (Å²) in [5, 5.41) is 3.04. The summed E-state index contributed by atoms with van der Waals surface area (Å²) in [6.07, 6.45) is 6.30. The lowest BCUT2D eigenvalue weighted by atomic mass is 10.1. The van der Waals surface area contributed by atoms with Crippen LogP contribution in [-0.4, -0.2) is 41.2 Å². The Labute approximate surface area is 211 Å². The number of nitrogens with one attached hydrogen (secondary N) is 1. The second-order valence-electron chi connectivity index (χ2n) is 8.91. The number of amides is 1. The third-order valence-electron chi connectivity index (χ3n) is 6.46. The van der Waals surface area contributed by atoms with Gasteiger partial charge in [-0.05, 0) is 42.7 Å². The van der Waals surface area contributed by atoms with Gasteiger partial charge in [-0.15, -0.1) is 0 Å². The molecule has 4 rings (SSSR count).